The van der Waals surface area contributed by atoms with E-state index in [-0.39, 0.29) is 5.69 Å². The molecule has 9 heteroatoms. The van der Waals surface area contributed by atoms with Crippen LogP contribution in [0.15, 0.2) is 29.4 Å². The van der Waals surface area contributed by atoms with Crippen LogP contribution in [0, 0.1) is 5.21 Å². The van der Waals surface area contributed by atoms with Gasteiger partial charge in [-0.2, -0.15) is 10.3 Å². The third kappa shape index (κ3) is 3.54. The van der Waals surface area contributed by atoms with Gasteiger partial charge < -0.3 is 14.7 Å². The van der Waals surface area contributed by atoms with E-state index in [9.17, 15) is 14.8 Å². The maximum Gasteiger partial charge on any atom is 0.369 e. The quantitative estimate of drug-likeness (QED) is 0.516. The van der Waals surface area contributed by atoms with Crippen molar-refractivity contribution in [1.29, 1.82) is 0 Å². The summed E-state index contributed by atoms with van der Waals surface area (Å²) in [4.78, 5) is 23.3. The first-order valence-electron chi connectivity index (χ1n) is 5.92. The fourth-order valence-electron chi connectivity index (χ4n) is 1.58. The van der Waals surface area contributed by atoms with Gasteiger partial charge >= 0.3 is 11.9 Å². The number of carbonyl (C=O) groups is 2. The Labute approximate surface area is 119 Å². The highest BCUT2D eigenvalue weighted by Crippen LogP contribution is 2.18. The third-order valence-corrected chi connectivity index (χ3v) is 2.47. The molecule has 1 unspecified atom stereocenters. The van der Waals surface area contributed by atoms with Gasteiger partial charge in [-0.1, -0.05) is 6.07 Å². The second kappa shape index (κ2) is 5.48. The normalized spacial score (nSPS) is 18.6. The lowest BCUT2D eigenvalue weighted by Gasteiger charge is -2.28. The van der Waals surface area contributed by atoms with Crippen molar-refractivity contribution in [3.63, 3.8) is 0 Å². The molecular formula is C12H13N3O6. The molecule has 0 amide bonds. The van der Waals surface area contributed by atoms with Crippen LogP contribution >= 0.6 is 0 Å². The Kier molecular flexibility index (Phi) is 3.89. The monoisotopic (exact) mass is 295 g/mol. The molecule has 112 valence electrons. The Morgan fingerprint density at radius 1 is 1.29 bits per heavy atom. The summed E-state index contributed by atoms with van der Waals surface area (Å²) in [6, 6.07) is 5.72. The number of hydrazone groups is 1. The molecule has 1 aliphatic rings. The number of anilines is 1. The molecule has 0 saturated carbocycles. The summed E-state index contributed by atoms with van der Waals surface area (Å²) in [5, 5.41) is 22.2. The number of ether oxygens (including phenoxy) is 2. The van der Waals surface area contributed by atoms with Crippen molar-refractivity contribution >= 4 is 29.0 Å². The predicted octanol–water partition coefficient (Wildman–Crippen LogP) is -0.306. The van der Waals surface area contributed by atoms with Crippen LogP contribution in [0.2, 0.25) is 0 Å². The largest absolute Gasteiger partial charge is 0.595 e. The second-order valence-corrected chi connectivity index (χ2v) is 4.64. The van der Waals surface area contributed by atoms with E-state index in [4.69, 9.17) is 14.7 Å². The molecule has 0 radical (unpaired) electrons. The molecule has 0 aromatic heterocycles. The maximum atomic E-state index is 11.6. The standard InChI is InChI=1S/C12H13N3O6/c1-12(2)20-10(16)9(11(17)21-12)14-13-7-4-3-5-8(6-7)15(18)19/h3-6,13,15,18H,1-2H3. The topological polar surface area (TPSA) is 125 Å². The van der Waals surface area contributed by atoms with Crippen LogP contribution in [0.25, 0.3) is 0 Å². The average Bonchev–Trinajstić information content (AvgIpc) is 2.36. The highest BCUT2D eigenvalue weighted by atomic mass is 16.8. The van der Waals surface area contributed by atoms with Crippen LogP contribution in [0.1, 0.15) is 13.8 Å². The molecule has 1 saturated heterocycles. The number of benzene rings is 1. The molecule has 1 fully saturated rings. The Hall–Kier alpha value is -2.49. The molecule has 1 heterocycles. The second-order valence-electron chi connectivity index (χ2n) is 4.64. The van der Waals surface area contributed by atoms with E-state index in [1.807, 2.05) is 0 Å². The number of carbonyl (C=O) groups excluding carboxylic acids is 2. The first kappa shape index (κ1) is 14.9. The Bertz CT molecular complexity index is 589. The van der Waals surface area contributed by atoms with Crippen LogP contribution in [0.5, 0.6) is 0 Å². The zero-order valence-electron chi connectivity index (χ0n) is 11.2. The number of nitrogens with zero attached hydrogens (tertiary/aromatic N) is 1. The molecule has 0 aliphatic carbocycles. The minimum absolute atomic E-state index is 0.0372. The lowest BCUT2D eigenvalue weighted by atomic mass is 10.3. The molecule has 9 nitrogen and oxygen atoms in total. The SMILES string of the molecule is CC1(C)OC(=O)C(=NNc2cccc([NH+]([O-])O)c2)C(=O)O1. The highest BCUT2D eigenvalue weighted by molar-refractivity contribution is 6.63. The van der Waals surface area contributed by atoms with Crippen LogP contribution < -0.4 is 10.7 Å². The van der Waals surface area contributed by atoms with Crippen molar-refractivity contribution in [2.24, 2.45) is 5.10 Å². The molecule has 1 aromatic rings. The van der Waals surface area contributed by atoms with Crippen LogP contribution in [-0.2, 0) is 19.1 Å². The fourth-order valence-corrected chi connectivity index (χ4v) is 1.58. The molecular weight excluding hydrogens is 282 g/mol. The molecule has 1 aliphatic heterocycles. The summed E-state index contributed by atoms with van der Waals surface area (Å²) < 4.78 is 9.72. The summed E-state index contributed by atoms with van der Waals surface area (Å²) in [5.74, 6) is -3.17. The van der Waals surface area contributed by atoms with E-state index < -0.39 is 28.7 Å². The molecule has 2 rings (SSSR count). The van der Waals surface area contributed by atoms with E-state index in [1.165, 1.54) is 38.1 Å². The fraction of sp³-hybridized carbons (Fsp3) is 0.250. The van der Waals surface area contributed by atoms with Gasteiger partial charge in [-0.25, -0.2) is 14.8 Å². The summed E-state index contributed by atoms with van der Waals surface area (Å²) in [6.45, 7) is 2.84. The summed E-state index contributed by atoms with van der Waals surface area (Å²) in [6.07, 6.45) is 0. The molecule has 21 heavy (non-hydrogen) atoms. The zero-order valence-corrected chi connectivity index (χ0v) is 11.2. The lowest BCUT2D eigenvalue weighted by Crippen LogP contribution is -2.99. The molecule has 0 spiro atoms. The van der Waals surface area contributed by atoms with Gasteiger partial charge in [0.05, 0.1) is 5.69 Å². The number of hydrogen-bond donors (Lipinski definition) is 3. The van der Waals surface area contributed by atoms with Crippen molar-refractivity contribution in [3.05, 3.63) is 29.5 Å². The van der Waals surface area contributed by atoms with E-state index in [2.05, 4.69) is 10.5 Å². The van der Waals surface area contributed by atoms with Gasteiger partial charge in [0.1, 0.15) is 0 Å². The number of cyclic esters (lactones) is 2. The van der Waals surface area contributed by atoms with Crippen molar-refractivity contribution in [2.75, 3.05) is 5.43 Å². The van der Waals surface area contributed by atoms with Gasteiger partial charge in [0.2, 0.25) is 0 Å². The molecule has 1 atom stereocenters. The van der Waals surface area contributed by atoms with Gasteiger partial charge in [0.25, 0.3) is 11.5 Å². The zero-order chi connectivity index (χ0) is 15.6. The number of quaternary nitrogens is 1. The maximum absolute atomic E-state index is 11.6. The van der Waals surface area contributed by atoms with Gasteiger partial charge in [0, 0.05) is 26.0 Å². The van der Waals surface area contributed by atoms with Gasteiger partial charge in [-0.3, -0.25) is 5.43 Å². The van der Waals surface area contributed by atoms with Crippen LogP contribution in [-0.4, -0.2) is 28.6 Å². The molecule has 1 aromatic carbocycles. The van der Waals surface area contributed by atoms with Crippen molar-refractivity contribution in [1.82, 2.24) is 0 Å². The summed E-state index contributed by atoms with van der Waals surface area (Å²) >= 11 is 0. The van der Waals surface area contributed by atoms with E-state index >= 15 is 0 Å². The number of rotatable bonds is 3. The van der Waals surface area contributed by atoms with Gasteiger partial charge in [0.15, 0.2) is 5.69 Å². The average molecular weight is 295 g/mol. The minimum Gasteiger partial charge on any atom is -0.595 e. The first-order chi connectivity index (χ1) is 9.78. The van der Waals surface area contributed by atoms with Crippen molar-refractivity contribution in [2.45, 2.75) is 19.6 Å². The molecule has 3 N–H and O–H groups in total. The Balaban J connectivity index is 2.16. The first-order valence-corrected chi connectivity index (χ1v) is 5.92. The minimum atomic E-state index is -1.34. The van der Waals surface area contributed by atoms with Crippen molar-refractivity contribution < 1.29 is 29.5 Å². The molecule has 0 bridgehead atoms. The highest BCUT2D eigenvalue weighted by Gasteiger charge is 2.40. The van der Waals surface area contributed by atoms with Gasteiger partial charge in [-0.05, 0) is 6.07 Å². The van der Waals surface area contributed by atoms with Crippen molar-refractivity contribution in [3.8, 4) is 0 Å². The smallest absolute Gasteiger partial charge is 0.369 e. The Morgan fingerprint density at radius 3 is 2.48 bits per heavy atom. The summed E-state index contributed by atoms with van der Waals surface area (Å²) in [7, 11) is 0. The summed E-state index contributed by atoms with van der Waals surface area (Å²) in [5.41, 5.74) is 2.21. The lowest BCUT2D eigenvalue weighted by molar-refractivity contribution is -0.991. The van der Waals surface area contributed by atoms with E-state index in [1.54, 1.807) is 0 Å². The van der Waals surface area contributed by atoms with E-state index in [0.717, 1.165) is 0 Å². The number of esters is 2. The van der Waals surface area contributed by atoms with Crippen LogP contribution in [0.4, 0.5) is 11.4 Å². The van der Waals surface area contributed by atoms with E-state index in [0.29, 0.717) is 5.69 Å². The number of nitrogens with one attached hydrogen (secondary N) is 2. The number of hydrogen-bond acceptors (Lipinski definition) is 8. The third-order valence-electron chi connectivity index (χ3n) is 2.47. The van der Waals surface area contributed by atoms with Gasteiger partial charge in [-0.15, -0.1) is 0 Å². The Morgan fingerprint density at radius 2 is 1.90 bits per heavy atom. The van der Waals surface area contributed by atoms with Crippen LogP contribution in [0.3, 0.4) is 0 Å². The predicted molar refractivity (Wildman–Crippen MR) is 69.5 cm³/mol.